The summed E-state index contributed by atoms with van der Waals surface area (Å²) in [6, 6.07) is -0.0978. The minimum atomic E-state index is -0.0978. The molecule has 0 aliphatic carbocycles. The molecule has 4 nitrogen and oxygen atoms in total. The van der Waals surface area contributed by atoms with Gasteiger partial charge in [0.25, 0.3) is 0 Å². The SMILES string of the molecule is COCC(N)c1csc(CCN(C)C)n1. The van der Waals surface area contributed by atoms with Crippen molar-refractivity contribution in [2.75, 3.05) is 34.4 Å². The molecule has 2 N–H and O–H groups in total. The van der Waals surface area contributed by atoms with Crippen LogP contribution in [0.15, 0.2) is 5.38 Å². The molecule has 0 amide bonds. The number of aromatic nitrogens is 1. The molecule has 0 aromatic carbocycles. The topological polar surface area (TPSA) is 51.4 Å². The summed E-state index contributed by atoms with van der Waals surface area (Å²) in [4.78, 5) is 6.64. The van der Waals surface area contributed by atoms with E-state index in [1.807, 2.05) is 5.38 Å². The summed E-state index contributed by atoms with van der Waals surface area (Å²) < 4.78 is 5.00. The molecular formula is C10H19N3OS. The number of methoxy groups -OCH3 is 1. The number of thiazole rings is 1. The first-order valence-electron chi connectivity index (χ1n) is 4.97. The van der Waals surface area contributed by atoms with Gasteiger partial charge < -0.3 is 15.4 Å². The van der Waals surface area contributed by atoms with Crippen molar-refractivity contribution in [1.82, 2.24) is 9.88 Å². The first-order chi connectivity index (χ1) is 7.13. The van der Waals surface area contributed by atoms with Gasteiger partial charge in [-0.15, -0.1) is 11.3 Å². The summed E-state index contributed by atoms with van der Waals surface area (Å²) in [6.45, 7) is 1.54. The molecule has 0 aliphatic heterocycles. The van der Waals surface area contributed by atoms with Gasteiger partial charge in [-0.3, -0.25) is 0 Å². The third kappa shape index (κ3) is 4.25. The van der Waals surface area contributed by atoms with E-state index in [2.05, 4.69) is 24.0 Å². The predicted molar refractivity (Wildman–Crippen MR) is 63.2 cm³/mol. The number of likely N-dealkylation sites (N-methyl/N-ethyl adjacent to an activating group) is 1. The number of rotatable bonds is 6. The minimum absolute atomic E-state index is 0.0978. The van der Waals surface area contributed by atoms with Gasteiger partial charge in [0.15, 0.2) is 0 Å². The number of hydrogen-bond donors (Lipinski definition) is 1. The van der Waals surface area contributed by atoms with E-state index in [-0.39, 0.29) is 6.04 Å². The lowest BCUT2D eigenvalue weighted by atomic mass is 10.2. The Labute approximate surface area is 95.1 Å². The van der Waals surface area contributed by atoms with Crippen molar-refractivity contribution in [1.29, 1.82) is 0 Å². The van der Waals surface area contributed by atoms with E-state index < -0.39 is 0 Å². The van der Waals surface area contributed by atoms with E-state index in [0.29, 0.717) is 6.61 Å². The Balaban J connectivity index is 2.48. The first-order valence-corrected chi connectivity index (χ1v) is 5.85. The fourth-order valence-corrected chi connectivity index (χ4v) is 2.05. The molecule has 0 saturated carbocycles. The van der Waals surface area contributed by atoms with Crippen LogP contribution < -0.4 is 5.73 Å². The van der Waals surface area contributed by atoms with Crippen LogP contribution >= 0.6 is 11.3 Å². The number of nitrogens with two attached hydrogens (primary N) is 1. The standard InChI is InChI=1S/C10H19N3OS/c1-13(2)5-4-10-12-9(7-15-10)8(11)6-14-3/h7-8H,4-6,11H2,1-3H3. The first kappa shape index (κ1) is 12.6. The molecule has 1 aromatic heterocycles. The minimum Gasteiger partial charge on any atom is -0.383 e. The van der Waals surface area contributed by atoms with E-state index >= 15 is 0 Å². The Kier molecular flexibility index (Phi) is 5.17. The van der Waals surface area contributed by atoms with E-state index in [0.717, 1.165) is 23.7 Å². The normalized spacial score (nSPS) is 13.4. The Morgan fingerprint density at radius 3 is 2.93 bits per heavy atom. The van der Waals surface area contributed by atoms with Crippen LogP contribution in [0.2, 0.25) is 0 Å². The number of hydrogen-bond acceptors (Lipinski definition) is 5. The largest absolute Gasteiger partial charge is 0.383 e. The lowest BCUT2D eigenvalue weighted by Crippen LogP contribution is -2.17. The van der Waals surface area contributed by atoms with Crippen LogP contribution in [-0.2, 0) is 11.2 Å². The maximum absolute atomic E-state index is 5.88. The summed E-state index contributed by atoms with van der Waals surface area (Å²) in [5.41, 5.74) is 6.82. The van der Waals surface area contributed by atoms with Crippen molar-refractivity contribution in [2.45, 2.75) is 12.5 Å². The monoisotopic (exact) mass is 229 g/mol. The number of ether oxygens (including phenoxy) is 1. The zero-order valence-electron chi connectivity index (χ0n) is 9.56. The zero-order chi connectivity index (χ0) is 11.3. The van der Waals surface area contributed by atoms with E-state index in [9.17, 15) is 0 Å². The van der Waals surface area contributed by atoms with E-state index in [1.54, 1.807) is 18.4 Å². The van der Waals surface area contributed by atoms with Crippen LogP contribution in [0.5, 0.6) is 0 Å². The van der Waals surface area contributed by atoms with Crippen molar-refractivity contribution in [3.63, 3.8) is 0 Å². The molecule has 1 atom stereocenters. The Morgan fingerprint density at radius 2 is 2.33 bits per heavy atom. The number of nitrogens with zero attached hydrogens (tertiary/aromatic N) is 2. The molecular weight excluding hydrogens is 210 g/mol. The van der Waals surface area contributed by atoms with Gasteiger partial charge >= 0.3 is 0 Å². The Morgan fingerprint density at radius 1 is 1.60 bits per heavy atom. The summed E-state index contributed by atoms with van der Waals surface area (Å²) >= 11 is 1.67. The molecule has 0 radical (unpaired) electrons. The van der Waals surface area contributed by atoms with Crippen molar-refractivity contribution < 1.29 is 4.74 Å². The predicted octanol–water partition coefficient (Wildman–Crippen LogP) is 0.893. The van der Waals surface area contributed by atoms with E-state index in [1.165, 1.54) is 0 Å². The fraction of sp³-hybridized carbons (Fsp3) is 0.700. The molecule has 0 bridgehead atoms. The second kappa shape index (κ2) is 6.17. The van der Waals surface area contributed by atoms with Crippen molar-refractivity contribution in [2.24, 2.45) is 5.73 Å². The second-order valence-electron chi connectivity index (χ2n) is 3.78. The average Bonchev–Trinajstić information content (AvgIpc) is 2.63. The molecule has 15 heavy (non-hydrogen) atoms. The highest BCUT2D eigenvalue weighted by molar-refractivity contribution is 7.09. The second-order valence-corrected chi connectivity index (χ2v) is 4.72. The molecule has 0 aliphatic rings. The third-order valence-electron chi connectivity index (χ3n) is 2.07. The van der Waals surface area contributed by atoms with Gasteiger partial charge in [-0.1, -0.05) is 0 Å². The lowest BCUT2D eigenvalue weighted by molar-refractivity contribution is 0.180. The smallest absolute Gasteiger partial charge is 0.0941 e. The fourth-order valence-electron chi connectivity index (χ4n) is 1.19. The van der Waals surface area contributed by atoms with Gasteiger partial charge in [-0.05, 0) is 14.1 Å². The molecule has 5 heteroatoms. The van der Waals surface area contributed by atoms with Gasteiger partial charge in [0, 0.05) is 25.5 Å². The summed E-state index contributed by atoms with van der Waals surface area (Å²) in [5, 5.41) is 3.17. The van der Waals surface area contributed by atoms with Gasteiger partial charge in [0.05, 0.1) is 23.4 Å². The molecule has 1 rings (SSSR count). The Hall–Kier alpha value is -0.490. The van der Waals surface area contributed by atoms with Crippen LogP contribution in [0.3, 0.4) is 0 Å². The van der Waals surface area contributed by atoms with Crippen LogP contribution in [0, 0.1) is 0 Å². The highest BCUT2D eigenvalue weighted by Crippen LogP contribution is 2.15. The van der Waals surface area contributed by atoms with Gasteiger partial charge in [-0.25, -0.2) is 4.98 Å². The van der Waals surface area contributed by atoms with Crippen molar-refractivity contribution >= 4 is 11.3 Å². The van der Waals surface area contributed by atoms with Gasteiger partial charge in [0.2, 0.25) is 0 Å². The summed E-state index contributed by atoms with van der Waals surface area (Å²) in [7, 11) is 5.77. The van der Waals surface area contributed by atoms with Crippen molar-refractivity contribution in [3.8, 4) is 0 Å². The molecule has 1 aromatic rings. The zero-order valence-corrected chi connectivity index (χ0v) is 10.4. The third-order valence-corrected chi connectivity index (χ3v) is 3.00. The van der Waals surface area contributed by atoms with Gasteiger partial charge in [-0.2, -0.15) is 0 Å². The lowest BCUT2D eigenvalue weighted by Gasteiger charge is -2.07. The Bertz CT molecular complexity index is 288. The summed E-state index contributed by atoms with van der Waals surface area (Å²) in [6.07, 6.45) is 0.984. The van der Waals surface area contributed by atoms with E-state index in [4.69, 9.17) is 10.5 Å². The van der Waals surface area contributed by atoms with Crippen LogP contribution in [0.25, 0.3) is 0 Å². The molecule has 1 heterocycles. The van der Waals surface area contributed by atoms with Crippen LogP contribution in [0.1, 0.15) is 16.7 Å². The van der Waals surface area contributed by atoms with Crippen LogP contribution in [0.4, 0.5) is 0 Å². The highest BCUT2D eigenvalue weighted by Gasteiger charge is 2.10. The van der Waals surface area contributed by atoms with Gasteiger partial charge in [0.1, 0.15) is 0 Å². The maximum atomic E-state index is 5.88. The van der Waals surface area contributed by atoms with Crippen LogP contribution in [-0.4, -0.2) is 44.2 Å². The maximum Gasteiger partial charge on any atom is 0.0941 e. The molecule has 0 saturated heterocycles. The summed E-state index contributed by atoms with van der Waals surface area (Å²) in [5.74, 6) is 0. The molecule has 1 unspecified atom stereocenters. The quantitative estimate of drug-likeness (QED) is 0.787. The molecule has 0 spiro atoms. The molecule has 86 valence electrons. The highest BCUT2D eigenvalue weighted by atomic mass is 32.1. The average molecular weight is 229 g/mol. The van der Waals surface area contributed by atoms with Crippen molar-refractivity contribution in [3.05, 3.63) is 16.1 Å². The molecule has 0 fully saturated rings.